The lowest BCUT2D eigenvalue weighted by Crippen LogP contribution is -2.16. The zero-order chi connectivity index (χ0) is 10.7. The van der Waals surface area contributed by atoms with E-state index in [1.807, 2.05) is 18.2 Å². The average Bonchev–Trinajstić information content (AvgIpc) is 2.57. The van der Waals surface area contributed by atoms with E-state index in [2.05, 4.69) is 10.3 Å². The first-order valence-corrected chi connectivity index (χ1v) is 6.83. The average molecular weight is 226 g/mol. The molecule has 1 aliphatic rings. The van der Waals surface area contributed by atoms with Gasteiger partial charge >= 0.3 is 0 Å². The van der Waals surface area contributed by atoms with Gasteiger partial charge in [0.1, 0.15) is 5.82 Å². The predicted molar refractivity (Wildman–Crippen MR) is 59.5 cm³/mol. The minimum Gasteiger partial charge on any atom is -0.370 e. The van der Waals surface area contributed by atoms with E-state index in [0.717, 1.165) is 12.2 Å². The zero-order valence-corrected chi connectivity index (χ0v) is 9.20. The summed E-state index contributed by atoms with van der Waals surface area (Å²) in [6, 6.07) is 5.63. The summed E-state index contributed by atoms with van der Waals surface area (Å²) < 4.78 is 22.4. The molecule has 1 aromatic heterocycles. The van der Waals surface area contributed by atoms with Crippen LogP contribution < -0.4 is 5.32 Å². The molecule has 0 aromatic carbocycles. The van der Waals surface area contributed by atoms with E-state index in [9.17, 15) is 8.42 Å². The molecule has 4 nitrogen and oxygen atoms in total. The van der Waals surface area contributed by atoms with Crippen LogP contribution in [-0.2, 0) is 9.84 Å². The summed E-state index contributed by atoms with van der Waals surface area (Å²) in [7, 11) is -2.76. The maximum absolute atomic E-state index is 11.2. The molecule has 1 N–H and O–H groups in total. The Morgan fingerprint density at radius 2 is 2.33 bits per heavy atom. The lowest BCUT2D eigenvalue weighted by atomic mass is 10.1. The third kappa shape index (κ3) is 2.92. The smallest absolute Gasteiger partial charge is 0.150 e. The normalized spacial score (nSPS) is 23.9. The first-order chi connectivity index (χ1) is 7.16. The minimum atomic E-state index is -2.76. The van der Waals surface area contributed by atoms with Gasteiger partial charge in [0.05, 0.1) is 11.5 Å². The third-order valence-electron chi connectivity index (χ3n) is 2.56. The molecule has 1 saturated heterocycles. The monoisotopic (exact) mass is 226 g/mol. The van der Waals surface area contributed by atoms with E-state index in [0.29, 0.717) is 18.1 Å². The Balaban J connectivity index is 1.85. The highest BCUT2D eigenvalue weighted by molar-refractivity contribution is 7.91. The first-order valence-electron chi connectivity index (χ1n) is 5.01. The molecular formula is C10H14N2O2S. The molecule has 0 bridgehead atoms. The van der Waals surface area contributed by atoms with Crippen LogP contribution in [0.4, 0.5) is 5.82 Å². The van der Waals surface area contributed by atoms with Gasteiger partial charge in [-0.2, -0.15) is 0 Å². The minimum absolute atomic E-state index is 0.233. The number of pyridine rings is 1. The van der Waals surface area contributed by atoms with Crippen molar-refractivity contribution in [3.63, 3.8) is 0 Å². The lowest BCUT2D eigenvalue weighted by molar-refractivity contribution is 0.595. The van der Waals surface area contributed by atoms with E-state index in [-0.39, 0.29) is 5.92 Å². The Morgan fingerprint density at radius 1 is 1.47 bits per heavy atom. The van der Waals surface area contributed by atoms with Crippen molar-refractivity contribution in [3.05, 3.63) is 24.4 Å². The van der Waals surface area contributed by atoms with Crippen molar-refractivity contribution >= 4 is 15.7 Å². The van der Waals surface area contributed by atoms with Crippen LogP contribution in [0.3, 0.4) is 0 Å². The molecule has 82 valence electrons. The molecule has 1 aliphatic heterocycles. The Bertz CT molecular complexity index is 416. The molecule has 1 unspecified atom stereocenters. The number of hydrogen-bond donors (Lipinski definition) is 1. The first kappa shape index (κ1) is 10.4. The van der Waals surface area contributed by atoms with Crippen molar-refractivity contribution in [2.45, 2.75) is 6.42 Å². The van der Waals surface area contributed by atoms with Gasteiger partial charge in [0, 0.05) is 12.7 Å². The van der Waals surface area contributed by atoms with Crippen molar-refractivity contribution in [2.24, 2.45) is 5.92 Å². The molecule has 1 atom stereocenters. The number of aromatic nitrogens is 1. The molecule has 2 rings (SSSR count). The van der Waals surface area contributed by atoms with E-state index in [4.69, 9.17) is 0 Å². The maximum Gasteiger partial charge on any atom is 0.150 e. The van der Waals surface area contributed by atoms with Crippen molar-refractivity contribution in [1.82, 2.24) is 4.98 Å². The van der Waals surface area contributed by atoms with E-state index < -0.39 is 9.84 Å². The fraction of sp³-hybridized carbons (Fsp3) is 0.500. The van der Waals surface area contributed by atoms with Crippen LogP contribution in [0.1, 0.15) is 6.42 Å². The number of rotatable bonds is 3. The molecule has 0 radical (unpaired) electrons. The SMILES string of the molecule is O=S1(=O)CCC(CNc2ccccn2)C1. The van der Waals surface area contributed by atoms with Gasteiger partial charge in [-0.15, -0.1) is 0 Å². The molecule has 0 spiro atoms. The van der Waals surface area contributed by atoms with E-state index in [1.54, 1.807) is 6.20 Å². The molecule has 1 fully saturated rings. The van der Waals surface area contributed by atoms with Gasteiger partial charge in [0.25, 0.3) is 0 Å². The van der Waals surface area contributed by atoms with Gasteiger partial charge in [-0.05, 0) is 24.5 Å². The molecule has 0 amide bonds. The van der Waals surface area contributed by atoms with Crippen LogP contribution in [0.5, 0.6) is 0 Å². The van der Waals surface area contributed by atoms with Gasteiger partial charge in [0.15, 0.2) is 9.84 Å². The second-order valence-corrected chi connectivity index (χ2v) is 6.09. The van der Waals surface area contributed by atoms with Crippen LogP contribution >= 0.6 is 0 Å². The standard InChI is InChI=1S/C10H14N2O2S/c13-15(14)6-4-9(8-15)7-12-10-3-1-2-5-11-10/h1-3,5,9H,4,6-8H2,(H,11,12). The van der Waals surface area contributed by atoms with Crippen LogP contribution in [0.15, 0.2) is 24.4 Å². The highest BCUT2D eigenvalue weighted by Gasteiger charge is 2.27. The van der Waals surface area contributed by atoms with Crippen LogP contribution in [-0.4, -0.2) is 31.5 Å². The van der Waals surface area contributed by atoms with Crippen LogP contribution in [0.25, 0.3) is 0 Å². The van der Waals surface area contributed by atoms with E-state index >= 15 is 0 Å². The summed E-state index contributed by atoms with van der Waals surface area (Å²) in [6.07, 6.45) is 2.48. The van der Waals surface area contributed by atoms with Gasteiger partial charge < -0.3 is 5.32 Å². The van der Waals surface area contributed by atoms with Gasteiger partial charge in [-0.1, -0.05) is 6.07 Å². The van der Waals surface area contributed by atoms with Crippen molar-refractivity contribution in [3.8, 4) is 0 Å². The van der Waals surface area contributed by atoms with Crippen molar-refractivity contribution in [2.75, 3.05) is 23.4 Å². The Kier molecular flexibility index (Phi) is 2.90. The number of sulfone groups is 1. The zero-order valence-electron chi connectivity index (χ0n) is 8.39. The van der Waals surface area contributed by atoms with Crippen molar-refractivity contribution in [1.29, 1.82) is 0 Å². The topological polar surface area (TPSA) is 59.1 Å². The Morgan fingerprint density at radius 3 is 2.93 bits per heavy atom. The van der Waals surface area contributed by atoms with Gasteiger partial charge in [0.2, 0.25) is 0 Å². The fourth-order valence-corrected chi connectivity index (χ4v) is 3.61. The molecule has 0 saturated carbocycles. The summed E-state index contributed by atoms with van der Waals surface area (Å²) in [4.78, 5) is 4.12. The molecule has 2 heterocycles. The Hall–Kier alpha value is -1.10. The largest absolute Gasteiger partial charge is 0.370 e. The summed E-state index contributed by atoms with van der Waals surface area (Å²) in [5.41, 5.74) is 0. The highest BCUT2D eigenvalue weighted by Crippen LogP contribution is 2.18. The summed E-state index contributed by atoms with van der Waals surface area (Å²) in [6.45, 7) is 0.691. The Labute approximate surface area is 89.6 Å². The summed E-state index contributed by atoms with van der Waals surface area (Å²) in [5.74, 6) is 1.69. The number of nitrogens with zero attached hydrogens (tertiary/aromatic N) is 1. The maximum atomic E-state index is 11.2. The third-order valence-corrected chi connectivity index (χ3v) is 4.40. The number of hydrogen-bond acceptors (Lipinski definition) is 4. The van der Waals surface area contributed by atoms with Gasteiger partial charge in [-0.25, -0.2) is 13.4 Å². The predicted octanol–water partition coefficient (Wildman–Crippen LogP) is 0.928. The molecule has 0 aliphatic carbocycles. The second-order valence-electron chi connectivity index (χ2n) is 3.86. The quantitative estimate of drug-likeness (QED) is 0.833. The fourth-order valence-electron chi connectivity index (χ4n) is 1.75. The molecule has 15 heavy (non-hydrogen) atoms. The highest BCUT2D eigenvalue weighted by atomic mass is 32.2. The summed E-state index contributed by atoms with van der Waals surface area (Å²) >= 11 is 0. The van der Waals surface area contributed by atoms with Crippen molar-refractivity contribution < 1.29 is 8.42 Å². The van der Waals surface area contributed by atoms with Gasteiger partial charge in [-0.3, -0.25) is 0 Å². The molecule has 5 heteroatoms. The molecule has 1 aromatic rings. The van der Waals surface area contributed by atoms with Crippen LogP contribution in [0, 0.1) is 5.92 Å². The van der Waals surface area contributed by atoms with E-state index in [1.165, 1.54) is 0 Å². The number of nitrogens with one attached hydrogen (secondary N) is 1. The number of anilines is 1. The van der Waals surface area contributed by atoms with Crippen LogP contribution in [0.2, 0.25) is 0 Å². The second kappa shape index (κ2) is 4.18. The molecular weight excluding hydrogens is 212 g/mol. The summed E-state index contributed by atoms with van der Waals surface area (Å²) in [5, 5.41) is 3.15. The lowest BCUT2D eigenvalue weighted by Gasteiger charge is -2.09.